The van der Waals surface area contributed by atoms with Crippen molar-refractivity contribution < 1.29 is 14.3 Å². The van der Waals surface area contributed by atoms with Crippen LogP contribution in [0.4, 0.5) is 5.69 Å². The van der Waals surface area contributed by atoms with Crippen LogP contribution in [0.25, 0.3) is 6.08 Å². The number of carbonyl (C=O) groups excluding carboxylic acids is 1. The van der Waals surface area contributed by atoms with Crippen LogP contribution in [0.2, 0.25) is 0 Å². The Balaban J connectivity index is 1.65. The molecule has 2 heterocycles. The van der Waals surface area contributed by atoms with Gasteiger partial charge in [0.2, 0.25) is 0 Å². The lowest BCUT2D eigenvalue weighted by Crippen LogP contribution is -2.40. The molecule has 3 aromatic carbocycles. The minimum atomic E-state index is -0.686. The van der Waals surface area contributed by atoms with Crippen molar-refractivity contribution in [3.63, 3.8) is 0 Å². The van der Waals surface area contributed by atoms with Crippen molar-refractivity contribution in [2.45, 2.75) is 19.9 Å². The Kier molecular flexibility index (Phi) is 7.81. The average Bonchev–Trinajstić information content (AvgIpc) is 3.24. The molecule has 1 atom stereocenters. The Morgan fingerprint density at radius 2 is 1.92 bits per heavy atom. The van der Waals surface area contributed by atoms with Gasteiger partial charge in [0.1, 0.15) is 11.5 Å². The molecular formula is C30H26BrN3O4S. The number of rotatable bonds is 7. The minimum absolute atomic E-state index is 0.228. The van der Waals surface area contributed by atoms with E-state index in [2.05, 4.69) is 21.2 Å². The maximum atomic E-state index is 13.9. The number of thiazole rings is 1. The molecule has 5 rings (SSSR count). The molecule has 0 unspecified atom stereocenters. The molecule has 7 nitrogen and oxygen atoms in total. The van der Waals surface area contributed by atoms with Crippen molar-refractivity contribution in [2.75, 3.05) is 19.0 Å². The quantitative estimate of drug-likeness (QED) is 0.321. The number of hydrogen-bond acceptors (Lipinski definition) is 6. The first-order valence-electron chi connectivity index (χ1n) is 12.3. The van der Waals surface area contributed by atoms with Gasteiger partial charge in [0, 0.05) is 5.69 Å². The first-order chi connectivity index (χ1) is 18.9. The second kappa shape index (κ2) is 11.4. The van der Waals surface area contributed by atoms with Crippen molar-refractivity contribution in [3.8, 4) is 11.5 Å². The number of aromatic nitrogens is 1. The number of nitrogens with zero attached hydrogens (tertiary/aromatic N) is 2. The highest BCUT2D eigenvalue weighted by molar-refractivity contribution is 9.10. The summed E-state index contributed by atoms with van der Waals surface area (Å²) in [7, 11) is 1.59. The molecule has 1 amide bonds. The zero-order chi connectivity index (χ0) is 27.5. The topological polar surface area (TPSA) is 81.9 Å². The first-order valence-corrected chi connectivity index (χ1v) is 14.0. The van der Waals surface area contributed by atoms with E-state index >= 15 is 0 Å². The minimum Gasteiger partial charge on any atom is -0.497 e. The predicted molar refractivity (Wildman–Crippen MR) is 157 cm³/mol. The normalized spacial score (nSPS) is 15.0. The van der Waals surface area contributed by atoms with E-state index in [1.807, 2.05) is 85.8 Å². The lowest BCUT2D eigenvalue weighted by Gasteiger charge is -2.25. The largest absolute Gasteiger partial charge is 0.497 e. The van der Waals surface area contributed by atoms with Gasteiger partial charge in [-0.2, -0.15) is 0 Å². The van der Waals surface area contributed by atoms with E-state index in [1.165, 1.54) is 11.3 Å². The molecular weight excluding hydrogens is 578 g/mol. The van der Waals surface area contributed by atoms with Crippen LogP contribution < -0.4 is 29.7 Å². The zero-order valence-corrected chi connectivity index (χ0v) is 24.0. The number of para-hydroxylation sites is 1. The Bertz CT molecular complexity index is 1760. The Morgan fingerprint density at radius 1 is 1.13 bits per heavy atom. The highest BCUT2D eigenvalue weighted by Gasteiger charge is 2.32. The third-order valence-corrected chi connectivity index (χ3v) is 7.86. The van der Waals surface area contributed by atoms with Crippen molar-refractivity contribution in [2.24, 2.45) is 4.99 Å². The van der Waals surface area contributed by atoms with E-state index < -0.39 is 6.04 Å². The zero-order valence-electron chi connectivity index (χ0n) is 21.6. The highest BCUT2D eigenvalue weighted by Crippen LogP contribution is 2.32. The first kappa shape index (κ1) is 26.6. The van der Waals surface area contributed by atoms with Crippen LogP contribution in [0.5, 0.6) is 11.5 Å². The monoisotopic (exact) mass is 603 g/mol. The summed E-state index contributed by atoms with van der Waals surface area (Å²) in [6, 6.07) is 21.6. The number of nitrogens with one attached hydrogen (secondary N) is 1. The standard InChI is InChI=1S/C30H26BrN3O4S/c1-4-38-24-14-13-19(15-23(24)31)16-25-29(36)34-27(20-9-8-12-22(17-20)37-3)26(18(2)32-30(34)39-25)28(35)33-21-10-6-5-7-11-21/h5-17,27H,4H2,1-3H3,(H,33,35)/b25-16-/t27-/m1/s1. The molecule has 1 aliphatic heterocycles. The molecule has 0 radical (unpaired) electrons. The van der Waals surface area contributed by atoms with Gasteiger partial charge in [-0.3, -0.25) is 14.2 Å². The molecule has 0 saturated carbocycles. The van der Waals surface area contributed by atoms with Gasteiger partial charge < -0.3 is 14.8 Å². The number of fused-ring (bicyclic) bond motifs is 1. The fourth-order valence-corrected chi connectivity index (χ4v) is 6.05. The van der Waals surface area contributed by atoms with Gasteiger partial charge in [-0.15, -0.1) is 0 Å². The van der Waals surface area contributed by atoms with Gasteiger partial charge >= 0.3 is 0 Å². The van der Waals surface area contributed by atoms with Crippen molar-refractivity contribution >= 4 is 44.9 Å². The second-order valence-electron chi connectivity index (χ2n) is 8.80. The van der Waals surface area contributed by atoms with Crippen LogP contribution in [-0.4, -0.2) is 24.2 Å². The predicted octanol–water partition coefficient (Wildman–Crippen LogP) is 5.04. The van der Waals surface area contributed by atoms with Gasteiger partial charge in [0.15, 0.2) is 4.80 Å². The fraction of sp³-hybridized carbons (Fsp3) is 0.167. The fourth-order valence-electron chi connectivity index (χ4n) is 4.49. The molecule has 39 heavy (non-hydrogen) atoms. The summed E-state index contributed by atoms with van der Waals surface area (Å²) in [5, 5.41) is 2.96. The molecule has 1 aromatic heterocycles. The van der Waals surface area contributed by atoms with E-state index in [1.54, 1.807) is 18.6 Å². The molecule has 4 aromatic rings. The number of anilines is 1. The number of methoxy groups -OCH3 is 1. The van der Waals surface area contributed by atoms with Gasteiger partial charge in [0.25, 0.3) is 11.5 Å². The highest BCUT2D eigenvalue weighted by atomic mass is 79.9. The summed E-state index contributed by atoms with van der Waals surface area (Å²) in [6.45, 7) is 4.28. The van der Waals surface area contributed by atoms with E-state index in [0.717, 1.165) is 21.3 Å². The number of benzene rings is 3. The molecule has 0 fully saturated rings. The van der Waals surface area contributed by atoms with Crippen molar-refractivity contribution in [1.29, 1.82) is 0 Å². The summed E-state index contributed by atoms with van der Waals surface area (Å²) in [5.74, 6) is 1.05. The van der Waals surface area contributed by atoms with Crippen LogP contribution in [0.1, 0.15) is 31.0 Å². The Hall–Kier alpha value is -3.95. The third-order valence-electron chi connectivity index (χ3n) is 6.26. The van der Waals surface area contributed by atoms with E-state index in [9.17, 15) is 9.59 Å². The lowest BCUT2D eigenvalue weighted by atomic mass is 9.95. The Labute approximate surface area is 237 Å². The SMILES string of the molecule is CCOc1ccc(/C=c2\sc3n(c2=O)[C@H](c2cccc(OC)c2)C(C(=O)Nc2ccccc2)=C(C)N=3)cc1Br. The number of hydrogen-bond donors (Lipinski definition) is 1. The molecule has 1 N–H and O–H groups in total. The van der Waals surface area contributed by atoms with Crippen molar-refractivity contribution in [3.05, 3.63) is 119 Å². The summed E-state index contributed by atoms with van der Waals surface area (Å²) in [5.41, 5.74) is 2.96. The van der Waals surface area contributed by atoms with E-state index in [0.29, 0.717) is 38.6 Å². The molecule has 198 valence electrons. The van der Waals surface area contributed by atoms with Crippen LogP contribution in [0, 0.1) is 0 Å². The summed E-state index contributed by atoms with van der Waals surface area (Å²) in [4.78, 5) is 32.8. The molecule has 0 spiro atoms. The number of amides is 1. The van der Waals surface area contributed by atoms with Crippen LogP contribution in [0.15, 0.2) is 98.3 Å². The number of halogens is 1. The van der Waals surface area contributed by atoms with Gasteiger partial charge in [0.05, 0.1) is 40.0 Å². The van der Waals surface area contributed by atoms with Crippen LogP contribution in [0.3, 0.4) is 0 Å². The van der Waals surface area contributed by atoms with Crippen LogP contribution >= 0.6 is 27.3 Å². The smallest absolute Gasteiger partial charge is 0.271 e. The second-order valence-corrected chi connectivity index (χ2v) is 10.7. The molecule has 0 saturated heterocycles. The summed E-state index contributed by atoms with van der Waals surface area (Å²) < 4.78 is 14.0. The molecule has 1 aliphatic rings. The molecule has 0 aliphatic carbocycles. The van der Waals surface area contributed by atoms with Gasteiger partial charge in [-0.05, 0) is 83.4 Å². The lowest BCUT2D eigenvalue weighted by molar-refractivity contribution is -0.113. The van der Waals surface area contributed by atoms with E-state index in [4.69, 9.17) is 14.5 Å². The number of allylic oxidation sites excluding steroid dienone is 1. The third kappa shape index (κ3) is 5.46. The van der Waals surface area contributed by atoms with E-state index in [-0.39, 0.29) is 11.5 Å². The average molecular weight is 605 g/mol. The number of ether oxygens (including phenoxy) is 2. The molecule has 0 bridgehead atoms. The van der Waals surface area contributed by atoms with Crippen LogP contribution in [-0.2, 0) is 4.79 Å². The Morgan fingerprint density at radius 3 is 2.64 bits per heavy atom. The number of carbonyl (C=O) groups is 1. The summed E-state index contributed by atoms with van der Waals surface area (Å²) >= 11 is 4.83. The summed E-state index contributed by atoms with van der Waals surface area (Å²) in [6.07, 6.45) is 1.83. The van der Waals surface area contributed by atoms with Gasteiger partial charge in [-0.25, -0.2) is 4.99 Å². The maximum Gasteiger partial charge on any atom is 0.271 e. The molecule has 9 heteroatoms. The van der Waals surface area contributed by atoms with Gasteiger partial charge in [-0.1, -0.05) is 47.7 Å². The van der Waals surface area contributed by atoms with Crippen molar-refractivity contribution in [1.82, 2.24) is 4.57 Å². The maximum absolute atomic E-state index is 13.9.